The van der Waals surface area contributed by atoms with Crippen molar-refractivity contribution in [3.8, 4) is 5.75 Å². The number of amides is 1. The van der Waals surface area contributed by atoms with Gasteiger partial charge in [-0.25, -0.2) is 0 Å². The minimum absolute atomic E-state index is 0.0484. The fourth-order valence-electron chi connectivity index (χ4n) is 2.04. The van der Waals surface area contributed by atoms with Gasteiger partial charge in [0.2, 0.25) is 0 Å². The highest BCUT2D eigenvalue weighted by Gasteiger charge is 2.16. The molecule has 4 nitrogen and oxygen atoms in total. The van der Waals surface area contributed by atoms with Crippen LogP contribution in [0.15, 0.2) is 35.7 Å². The molecule has 0 aliphatic rings. The number of ether oxygens (including phenoxy) is 1. The maximum Gasteiger partial charge on any atom is 0.255 e. The molecule has 5 heteroatoms. The smallest absolute Gasteiger partial charge is 0.255 e. The van der Waals surface area contributed by atoms with Gasteiger partial charge in [0.1, 0.15) is 0 Å². The normalized spacial score (nSPS) is 11.9. The summed E-state index contributed by atoms with van der Waals surface area (Å²) in [7, 11) is 1.51. The van der Waals surface area contributed by atoms with Gasteiger partial charge < -0.3 is 15.8 Å². The van der Waals surface area contributed by atoms with Crippen LogP contribution in [0, 0.1) is 0 Å². The third-order valence-electron chi connectivity index (χ3n) is 2.96. The lowest BCUT2D eigenvalue weighted by Gasteiger charge is -2.15. The van der Waals surface area contributed by atoms with Crippen LogP contribution >= 0.6 is 11.3 Å². The predicted molar refractivity (Wildman–Crippen MR) is 82.4 cm³/mol. The van der Waals surface area contributed by atoms with Crippen LogP contribution in [-0.2, 0) is 6.42 Å². The lowest BCUT2D eigenvalue weighted by Crippen LogP contribution is -2.34. The van der Waals surface area contributed by atoms with Gasteiger partial charge in [0.25, 0.3) is 5.91 Å². The summed E-state index contributed by atoms with van der Waals surface area (Å²) in [5.41, 5.74) is 6.73. The number of thiophene rings is 1. The Morgan fingerprint density at radius 3 is 2.85 bits per heavy atom. The van der Waals surface area contributed by atoms with Crippen LogP contribution in [0.4, 0.5) is 5.69 Å². The summed E-state index contributed by atoms with van der Waals surface area (Å²) in [6.07, 6.45) is 0.814. The van der Waals surface area contributed by atoms with E-state index in [2.05, 4.69) is 11.4 Å². The average molecular weight is 290 g/mol. The maximum absolute atomic E-state index is 12.3. The minimum atomic E-state index is -0.168. The number of anilines is 1. The van der Waals surface area contributed by atoms with Crippen molar-refractivity contribution in [2.24, 2.45) is 0 Å². The van der Waals surface area contributed by atoms with Crippen LogP contribution in [-0.4, -0.2) is 19.1 Å². The molecule has 0 spiro atoms. The van der Waals surface area contributed by atoms with Crippen LogP contribution in [0.3, 0.4) is 0 Å². The van der Waals surface area contributed by atoms with Crippen molar-refractivity contribution >= 4 is 22.9 Å². The van der Waals surface area contributed by atoms with Gasteiger partial charge in [0, 0.05) is 17.3 Å². The molecule has 1 heterocycles. The Labute approximate surface area is 122 Å². The number of carbonyl (C=O) groups is 1. The molecule has 2 rings (SSSR count). The van der Waals surface area contributed by atoms with Gasteiger partial charge >= 0.3 is 0 Å². The van der Waals surface area contributed by atoms with Crippen molar-refractivity contribution in [3.63, 3.8) is 0 Å². The highest BCUT2D eigenvalue weighted by molar-refractivity contribution is 7.09. The molecule has 1 unspecified atom stereocenters. The number of nitrogen functional groups attached to an aromatic ring is 1. The number of benzene rings is 1. The highest BCUT2D eigenvalue weighted by atomic mass is 32.1. The zero-order chi connectivity index (χ0) is 14.5. The van der Waals surface area contributed by atoms with Crippen molar-refractivity contribution in [1.82, 2.24) is 5.32 Å². The Morgan fingerprint density at radius 2 is 2.20 bits per heavy atom. The van der Waals surface area contributed by atoms with E-state index >= 15 is 0 Å². The fourth-order valence-corrected chi connectivity index (χ4v) is 2.88. The summed E-state index contributed by atoms with van der Waals surface area (Å²) in [6, 6.07) is 9.29. The quantitative estimate of drug-likeness (QED) is 0.832. The largest absolute Gasteiger partial charge is 0.494 e. The molecule has 1 aromatic heterocycles. The van der Waals surface area contributed by atoms with E-state index in [4.69, 9.17) is 10.5 Å². The first kappa shape index (κ1) is 14.4. The molecule has 0 fully saturated rings. The van der Waals surface area contributed by atoms with E-state index in [1.165, 1.54) is 12.0 Å². The van der Waals surface area contributed by atoms with E-state index in [0.717, 1.165) is 6.42 Å². The molecular weight excluding hydrogens is 272 g/mol. The van der Waals surface area contributed by atoms with E-state index in [9.17, 15) is 4.79 Å². The number of para-hydroxylation sites is 1. The number of rotatable bonds is 5. The summed E-state index contributed by atoms with van der Waals surface area (Å²) in [5, 5.41) is 5.00. The van der Waals surface area contributed by atoms with E-state index in [1.54, 1.807) is 29.5 Å². The molecule has 0 saturated carbocycles. The number of carbonyl (C=O) groups excluding carboxylic acids is 1. The molecule has 0 aliphatic carbocycles. The first-order valence-corrected chi connectivity index (χ1v) is 7.25. The molecule has 0 bridgehead atoms. The summed E-state index contributed by atoms with van der Waals surface area (Å²) < 4.78 is 5.20. The summed E-state index contributed by atoms with van der Waals surface area (Å²) in [5.74, 6) is 0.256. The second-order valence-corrected chi connectivity index (χ2v) is 5.62. The highest BCUT2D eigenvalue weighted by Crippen LogP contribution is 2.25. The van der Waals surface area contributed by atoms with Crippen LogP contribution in [0.2, 0.25) is 0 Å². The lowest BCUT2D eigenvalue weighted by atomic mass is 10.1. The van der Waals surface area contributed by atoms with Crippen molar-refractivity contribution in [3.05, 3.63) is 46.2 Å². The first-order valence-electron chi connectivity index (χ1n) is 6.37. The van der Waals surface area contributed by atoms with Gasteiger partial charge in [-0.05, 0) is 30.5 Å². The molecule has 0 saturated heterocycles. The summed E-state index contributed by atoms with van der Waals surface area (Å²) in [6.45, 7) is 1.98. The topological polar surface area (TPSA) is 64.3 Å². The van der Waals surface area contributed by atoms with Crippen molar-refractivity contribution < 1.29 is 9.53 Å². The Morgan fingerprint density at radius 1 is 1.40 bits per heavy atom. The Kier molecular flexibility index (Phi) is 4.63. The molecule has 0 aliphatic heterocycles. The molecule has 20 heavy (non-hydrogen) atoms. The lowest BCUT2D eigenvalue weighted by molar-refractivity contribution is 0.0937. The van der Waals surface area contributed by atoms with Gasteiger partial charge in [-0.2, -0.15) is 0 Å². The van der Waals surface area contributed by atoms with Crippen LogP contribution in [0.5, 0.6) is 5.75 Å². The third-order valence-corrected chi connectivity index (χ3v) is 3.86. The van der Waals surface area contributed by atoms with E-state index in [-0.39, 0.29) is 11.9 Å². The van der Waals surface area contributed by atoms with Gasteiger partial charge in [0.05, 0.1) is 18.4 Å². The number of hydrogen-bond acceptors (Lipinski definition) is 4. The van der Waals surface area contributed by atoms with E-state index < -0.39 is 0 Å². The van der Waals surface area contributed by atoms with Crippen molar-refractivity contribution in [2.75, 3.05) is 12.8 Å². The Hall–Kier alpha value is -2.01. The number of methoxy groups -OCH3 is 1. The molecule has 1 amide bonds. The average Bonchev–Trinajstić information content (AvgIpc) is 2.90. The second-order valence-electron chi connectivity index (χ2n) is 4.59. The second kappa shape index (κ2) is 6.43. The molecule has 3 N–H and O–H groups in total. The van der Waals surface area contributed by atoms with Gasteiger partial charge in [-0.15, -0.1) is 11.3 Å². The predicted octanol–water partition coefficient (Wildman–Crippen LogP) is 2.70. The van der Waals surface area contributed by atoms with Crippen molar-refractivity contribution in [1.29, 1.82) is 0 Å². The zero-order valence-electron chi connectivity index (χ0n) is 11.6. The SMILES string of the molecule is COc1c(N)cccc1C(=O)NC(C)Cc1cccs1. The molecule has 106 valence electrons. The third kappa shape index (κ3) is 3.30. The molecule has 1 atom stereocenters. The van der Waals surface area contributed by atoms with E-state index in [1.807, 2.05) is 18.4 Å². The fraction of sp³-hybridized carbons (Fsp3) is 0.267. The number of nitrogens with two attached hydrogens (primary N) is 1. The minimum Gasteiger partial charge on any atom is -0.494 e. The molecule has 1 aromatic carbocycles. The Bertz CT molecular complexity index is 582. The van der Waals surface area contributed by atoms with Gasteiger partial charge in [0.15, 0.2) is 5.75 Å². The Balaban J connectivity index is 2.06. The summed E-state index contributed by atoms with van der Waals surface area (Å²) >= 11 is 1.69. The van der Waals surface area contributed by atoms with Crippen LogP contribution < -0.4 is 15.8 Å². The molecular formula is C15H18N2O2S. The van der Waals surface area contributed by atoms with Crippen molar-refractivity contribution in [2.45, 2.75) is 19.4 Å². The maximum atomic E-state index is 12.3. The molecule has 0 radical (unpaired) electrons. The standard InChI is InChI=1S/C15H18N2O2S/c1-10(9-11-5-4-8-20-11)17-15(18)12-6-3-7-13(16)14(12)19-2/h3-8,10H,9,16H2,1-2H3,(H,17,18). The monoisotopic (exact) mass is 290 g/mol. The van der Waals surface area contributed by atoms with Gasteiger partial charge in [-0.1, -0.05) is 12.1 Å². The van der Waals surface area contributed by atoms with Crippen LogP contribution in [0.1, 0.15) is 22.2 Å². The van der Waals surface area contributed by atoms with Crippen LogP contribution in [0.25, 0.3) is 0 Å². The molecule has 2 aromatic rings. The zero-order valence-corrected chi connectivity index (χ0v) is 12.4. The van der Waals surface area contributed by atoms with E-state index in [0.29, 0.717) is 17.0 Å². The van der Waals surface area contributed by atoms with Gasteiger partial charge in [-0.3, -0.25) is 4.79 Å². The number of hydrogen-bond donors (Lipinski definition) is 2. The number of nitrogens with one attached hydrogen (secondary N) is 1. The first-order chi connectivity index (χ1) is 9.61. The summed E-state index contributed by atoms with van der Waals surface area (Å²) in [4.78, 5) is 13.5.